The van der Waals surface area contributed by atoms with Gasteiger partial charge in [-0.05, 0) is 62.1 Å². The van der Waals surface area contributed by atoms with Crippen LogP contribution in [0.3, 0.4) is 0 Å². The van der Waals surface area contributed by atoms with E-state index in [0.717, 1.165) is 0 Å². The molecular weight excluding hydrogens is 690 g/mol. The van der Waals surface area contributed by atoms with Crippen LogP contribution >= 0.6 is 27.5 Å². The van der Waals surface area contributed by atoms with E-state index in [1.165, 1.54) is 4.90 Å². The summed E-state index contributed by atoms with van der Waals surface area (Å²) in [5.41, 5.74) is -0.186. The highest BCUT2D eigenvalue weighted by atomic mass is 79.9. The van der Waals surface area contributed by atoms with Gasteiger partial charge in [-0.1, -0.05) is 70.0 Å². The van der Waals surface area contributed by atoms with Crippen molar-refractivity contribution in [1.29, 1.82) is 0 Å². The number of allylic oxidation sites excluding steroid dienone is 1. The van der Waals surface area contributed by atoms with Crippen LogP contribution in [-0.4, -0.2) is 77.2 Å². The number of aliphatic hydroxyl groups excluding tert-OH is 1. The van der Waals surface area contributed by atoms with Crippen LogP contribution in [0.2, 0.25) is 5.02 Å². The molecule has 2 fully saturated rings. The van der Waals surface area contributed by atoms with E-state index in [4.69, 9.17) is 21.1 Å². The molecule has 12 heteroatoms. The number of benzene rings is 2. The van der Waals surface area contributed by atoms with Crippen LogP contribution in [0.1, 0.15) is 44.3 Å². The van der Waals surface area contributed by atoms with Crippen LogP contribution in [0.4, 0.5) is 5.69 Å². The average molecular weight is 727 g/mol. The van der Waals surface area contributed by atoms with Crippen molar-refractivity contribution in [2.24, 2.45) is 11.8 Å². The molecule has 0 aromatic heterocycles. The molecule has 10 nitrogen and oxygen atoms in total. The van der Waals surface area contributed by atoms with Gasteiger partial charge >= 0.3 is 5.97 Å². The number of aliphatic hydroxyl groups is 1. The Kier molecular flexibility index (Phi) is 9.89. The van der Waals surface area contributed by atoms with E-state index < -0.39 is 47.7 Å². The normalized spacial score (nSPS) is 31.8. The summed E-state index contributed by atoms with van der Waals surface area (Å²) in [4.78, 5) is 59.6. The number of nitrogens with one attached hydrogen (secondary N) is 1. The summed E-state index contributed by atoms with van der Waals surface area (Å²) in [5.74, 6) is -3.71. The molecule has 2 saturated heterocycles. The minimum Gasteiger partial charge on any atom is -0.455 e. The summed E-state index contributed by atoms with van der Waals surface area (Å²) < 4.78 is 13.4. The van der Waals surface area contributed by atoms with Crippen molar-refractivity contribution in [3.63, 3.8) is 0 Å². The van der Waals surface area contributed by atoms with E-state index in [9.17, 15) is 24.3 Å². The van der Waals surface area contributed by atoms with Gasteiger partial charge in [-0.2, -0.15) is 0 Å². The van der Waals surface area contributed by atoms with Crippen molar-refractivity contribution in [3.05, 3.63) is 87.9 Å². The molecule has 2 aromatic rings. The number of ether oxygens (including phenoxy) is 2. The van der Waals surface area contributed by atoms with E-state index in [1.807, 2.05) is 42.5 Å². The summed E-state index contributed by atoms with van der Waals surface area (Å²) in [6, 6.07) is 14.3. The zero-order valence-corrected chi connectivity index (χ0v) is 28.2. The monoisotopic (exact) mass is 725 g/mol. The summed E-state index contributed by atoms with van der Waals surface area (Å²) >= 11 is 9.77. The van der Waals surface area contributed by atoms with Gasteiger partial charge in [0.1, 0.15) is 29.8 Å². The number of nitrogens with zero attached hydrogens (tertiary/aromatic N) is 2. The van der Waals surface area contributed by atoms with E-state index >= 15 is 0 Å². The smallest absolute Gasteiger partial charge is 0.313 e. The number of halogens is 2. The Bertz CT molecular complexity index is 1590. The molecule has 3 amide bonds. The van der Waals surface area contributed by atoms with E-state index in [-0.39, 0.29) is 43.8 Å². The highest BCUT2D eigenvalue weighted by molar-refractivity contribution is 9.11. The van der Waals surface area contributed by atoms with E-state index in [1.54, 1.807) is 42.2 Å². The molecule has 0 saturated carbocycles. The predicted octanol–water partition coefficient (Wildman–Crippen LogP) is 4.46. The fourth-order valence-electron chi connectivity index (χ4n) is 7.21. The molecule has 47 heavy (non-hydrogen) atoms. The lowest BCUT2D eigenvalue weighted by Crippen LogP contribution is -2.56. The number of carbonyl (C=O) groups excluding carboxylic acids is 4. The lowest BCUT2D eigenvalue weighted by molar-refractivity contribution is -0.161. The molecule has 7 atom stereocenters. The van der Waals surface area contributed by atoms with E-state index in [2.05, 4.69) is 21.2 Å². The maximum absolute atomic E-state index is 14.8. The first-order chi connectivity index (χ1) is 22.7. The molecular formula is C35H37BrClN3O7. The van der Waals surface area contributed by atoms with Gasteiger partial charge in [0.2, 0.25) is 11.8 Å². The van der Waals surface area contributed by atoms with Crippen molar-refractivity contribution in [1.82, 2.24) is 10.2 Å². The predicted molar refractivity (Wildman–Crippen MR) is 178 cm³/mol. The third-order valence-electron chi connectivity index (χ3n) is 9.35. The largest absolute Gasteiger partial charge is 0.455 e. The SMILES string of the molecule is C[C@@H]1NC(=O)CC/C=C\CN(c2ccc(Cl)cc2)C(=O)[C@H]2N(CCCCO)C(=O)[C@@H]3[C@@H](C(=O)O[C@H]1c1ccccc1)[C@@H]1O[C@@]32C=C1Br. The molecule has 0 aliphatic carbocycles. The molecule has 0 radical (unpaired) electrons. The molecule has 248 valence electrons. The first-order valence-electron chi connectivity index (χ1n) is 15.9. The maximum Gasteiger partial charge on any atom is 0.313 e. The zero-order valence-electron chi connectivity index (χ0n) is 25.9. The van der Waals surface area contributed by atoms with E-state index in [0.29, 0.717) is 40.0 Å². The summed E-state index contributed by atoms with van der Waals surface area (Å²) in [7, 11) is 0. The molecule has 2 N–H and O–H groups in total. The standard InChI is InChI=1S/C35H37BrClN3O7/c1-21-29(22-10-4-2-5-11-22)46-34(45)27-28-32(43)40(18-8-9-19-41)31(35(28)20-25(36)30(27)47-35)33(44)39(24-15-13-23(37)14-16-24)17-7-3-6-12-26(42)38-21/h2-5,7,10-11,13-16,20-21,27-31,41H,6,8-9,12,17-19H2,1H3,(H,38,42)/b7-3-/t21-,27+,28-,29+,30+,31+,35-/m0/s1. The lowest BCUT2D eigenvalue weighted by atomic mass is 9.74. The topological polar surface area (TPSA) is 125 Å². The van der Waals surface area contributed by atoms with Crippen LogP contribution in [0.5, 0.6) is 0 Å². The highest BCUT2D eigenvalue weighted by Gasteiger charge is 2.75. The highest BCUT2D eigenvalue weighted by Crippen LogP contribution is 2.59. The van der Waals surface area contributed by atoms with Crippen LogP contribution in [0.25, 0.3) is 0 Å². The zero-order chi connectivity index (χ0) is 33.3. The second-order valence-corrected chi connectivity index (χ2v) is 13.7. The molecule has 5 bridgehead atoms. The van der Waals surface area contributed by atoms with Gasteiger partial charge in [0, 0.05) is 41.3 Å². The number of hydrogen-bond donors (Lipinski definition) is 2. The first-order valence-corrected chi connectivity index (χ1v) is 17.1. The third-order valence-corrected chi connectivity index (χ3v) is 10.3. The summed E-state index contributed by atoms with van der Waals surface area (Å²) in [6.07, 6.45) is 5.25. The van der Waals surface area contributed by atoms with Crippen molar-refractivity contribution in [2.75, 3.05) is 24.6 Å². The Morgan fingerprint density at radius 2 is 1.74 bits per heavy atom. The molecule has 0 unspecified atom stereocenters. The van der Waals surface area contributed by atoms with Gasteiger partial charge < -0.3 is 29.7 Å². The average Bonchev–Trinajstić information content (AvgIpc) is 3.65. The van der Waals surface area contributed by atoms with Crippen molar-refractivity contribution in [3.8, 4) is 0 Å². The van der Waals surface area contributed by atoms with Crippen molar-refractivity contribution < 1.29 is 33.8 Å². The molecule has 4 heterocycles. The minimum absolute atomic E-state index is 0.0640. The molecule has 4 aliphatic rings. The molecule has 4 aliphatic heterocycles. The third kappa shape index (κ3) is 6.26. The molecule has 1 spiro atoms. The number of carbonyl (C=O) groups is 4. The Labute approximate surface area is 286 Å². The number of unbranched alkanes of at least 4 members (excludes halogenated alkanes) is 1. The van der Waals surface area contributed by atoms with Gasteiger partial charge in [0.25, 0.3) is 5.91 Å². The fourth-order valence-corrected chi connectivity index (χ4v) is 8.07. The maximum atomic E-state index is 14.8. The summed E-state index contributed by atoms with van der Waals surface area (Å²) in [6.45, 7) is 2.06. The van der Waals surface area contributed by atoms with Crippen molar-refractivity contribution in [2.45, 2.75) is 62.5 Å². The second-order valence-electron chi connectivity index (χ2n) is 12.3. The van der Waals surface area contributed by atoms with Crippen LogP contribution in [0.15, 0.2) is 77.3 Å². The number of rotatable bonds is 6. The van der Waals surface area contributed by atoms with Gasteiger partial charge in [-0.3, -0.25) is 19.2 Å². The first kappa shape index (κ1) is 33.4. The fraction of sp³-hybridized carbons (Fsp3) is 0.429. The quantitative estimate of drug-likeness (QED) is 0.256. The Balaban J connectivity index is 1.46. The van der Waals surface area contributed by atoms with Crippen LogP contribution in [0, 0.1) is 11.8 Å². The number of anilines is 1. The minimum atomic E-state index is -1.44. The van der Waals surface area contributed by atoms with Gasteiger partial charge in [-0.25, -0.2) is 0 Å². The van der Waals surface area contributed by atoms with Crippen LogP contribution in [-0.2, 0) is 28.7 Å². The Morgan fingerprint density at radius 1 is 1.00 bits per heavy atom. The van der Waals surface area contributed by atoms with Gasteiger partial charge in [-0.15, -0.1) is 0 Å². The Hall–Kier alpha value is -3.51. The van der Waals surface area contributed by atoms with Crippen LogP contribution < -0.4 is 10.2 Å². The molecule has 6 rings (SSSR count). The number of cyclic esters (lactones) is 1. The Morgan fingerprint density at radius 3 is 2.47 bits per heavy atom. The van der Waals surface area contributed by atoms with Gasteiger partial charge in [0.05, 0.1) is 12.0 Å². The summed E-state index contributed by atoms with van der Waals surface area (Å²) in [5, 5.41) is 13.0. The number of fused-ring (bicyclic) bond motifs is 2. The van der Waals surface area contributed by atoms with Crippen molar-refractivity contribution >= 4 is 56.9 Å². The molecule has 2 aromatic carbocycles. The lowest BCUT2D eigenvalue weighted by Gasteiger charge is -2.36. The van der Waals surface area contributed by atoms with Gasteiger partial charge in [0.15, 0.2) is 0 Å². The number of likely N-dealkylation sites (tertiary alicyclic amines) is 1. The second kappa shape index (κ2) is 13.9. The number of amides is 3. The number of esters is 1. The number of hydrogen-bond acceptors (Lipinski definition) is 7.